The molecule has 0 atom stereocenters. The summed E-state index contributed by atoms with van der Waals surface area (Å²) in [4.78, 5) is 12.4. The number of rotatable bonds is 5. The number of benzene rings is 1. The van der Waals surface area contributed by atoms with E-state index in [1.807, 2.05) is 32.4 Å². The first-order valence-electron chi connectivity index (χ1n) is 8.48. The molecule has 0 bridgehead atoms. The minimum atomic E-state index is -4.19. The molecule has 2 amide bonds. The van der Waals surface area contributed by atoms with Crippen LogP contribution in [0.4, 0.5) is 14.9 Å². The van der Waals surface area contributed by atoms with Crippen molar-refractivity contribution in [1.82, 2.24) is 14.9 Å². The molecular weight excluding hydrogens is 371 g/mol. The van der Waals surface area contributed by atoms with Crippen LogP contribution in [0.1, 0.15) is 56.2 Å². The van der Waals surface area contributed by atoms with Crippen molar-refractivity contribution in [3.05, 3.63) is 46.9 Å². The lowest BCUT2D eigenvalue weighted by Gasteiger charge is -2.20. The molecule has 27 heavy (non-hydrogen) atoms. The van der Waals surface area contributed by atoms with Crippen LogP contribution in [0, 0.1) is 12.7 Å². The molecule has 0 aliphatic heterocycles. The molecule has 0 saturated heterocycles. The highest BCUT2D eigenvalue weighted by Crippen LogP contribution is 2.33. The SMILES string of the molecule is Cc1ccnnc1S(=O)(=O)NC(=O)Nc1c(C(C)C)cc(F)cc1C(C)C. The molecule has 0 saturated carbocycles. The zero-order valence-electron chi connectivity index (χ0n) is 15.9. The Hall–Kier alpha value is -2.55. The summed E-state index contributed by atoms with van der Waals surface area (Å²) in [6, 6.07) is 3.21. The van der Waals surface area contributed by atoms with E-state index in [-0.39, 0.29) is 16.9 Å². The van der Waals surface area contributed by atoms with Crippen LogP contribution in [0.25, 0.3) is 0 Å². The van der Waals surface area contributed by atoms with Gasteiger partial charge in [-0.05, 0) is 53.6 Å². The Morgan fingerprint density at radius 3 is 2.15 bits per heavy atom. The maximum absolute atomic E-state index is 14.0. The van der Waals surface area contributed by atoms with Crippen molar-refractivity contribution in [2.24, 2.45) is 0 Å². The van der Waals surface area contributed by atoms with Gasteiger partial charge < -0.3 is 5.32 Å². The van der Waals surface area contributed by atoms with Crippen LogP contribution in [0.5, 0.6) is 0 Å². The van der Waals surface area contributed by atoms with Gasteiger partial charge in [-0.2, -0.15) is 13.5 Å². The highest BCUT2D eigenvalue weighted by molar-refractivity contribution is 7.90. The first kappa shape index (κ1) is 20.8. The van der Waals surface area contributed by atoms with Gasteiger partial charge in [0.2, 0.25) is 5.03 Å². The number of aromatic nitrogens is 2. The number of halogens is 1. The third-order valence-corrected chi connectivity index (χ3v) is 5.37. The molecule has 9 heteroatoms. The van der Waals surface area contributed by atoms with Crippen molar-refractivity contribution < 1.29 is 17.6 Å². The van der Waals surface area contributed by atoms with E-state index in [2.05, 4.69) is 15.5 Å². The van der Waals surface area contributed by atoms with E-state index < -0.39 is 21.9 Å². The number of aryl methyl sites for hydroxylation is 1. The van der Waals surface area contributed by atoms with Gasteiger partial charge in [-0.25, -0.2) is 13.9 Å². The molecule has 7 nitrogen and oxygen atoms in total. The van der Waals surface area contributed by atoms with Crippen LogP contribution in [-0.2, 0) is 10.0 Å². The molecule has 0 spiro atoms. The largest absolute Gasteiger partial charge is 0.333 e. The lowest BCUT2D eigenvalue weighted by Crippen LogP contribution is -2.36. The predicted octanol–water partition coefficient (Wildman–Crippen LogP) is 3.68. The van der Waals surface area contributed by atoms with E-state index in [9.17, 15) is 17.6 Å². The quantitative estimate of drug-likeness (QED) is 0.805. The van der Waals surface area contributed by atoms with E-state index >= 15 is 0 Å². The number of urea groups is 1. The van der Waals surface area contributed by atoms with Gasteiger partial charge in [0.05, 0.1) is 0 Å². The highest BCUT2D eigenvalue weighted by Gasteiger charge is 2.24. The number of anilines is 1. The third kappa shape index (κ3) is 4.79. The van der Waals surface area contributed by atoms with Crippen LogP contribution >= 0.6 is 0 Å². The maximum Gasteiger partial charge on any atom is 0.333 e. The molecule has 0 fully saturated rings. The van der Waals surface area contributed by atoms with Gasteiger partial charge in [0.25, 0.3) is 10.0 Å². The van der Waals surface area contributed by atoms with Crippen molar-refractivity contribution in [3.63, 3.8) is 0 Å². The fourth-order valence-corrected chi connectivity index (χ4v) is 3.70. The first-order valence-corrected chi connectivity index (χ1v) is 9.96. The maximum atomic E-state index is 14.0. The van der Waals surface area contributed by atoms with Gasteiger partial charge in [0.15, 0.2) is 0 Å². The highest BCUT2D eigenvalue weighted by atomic mass is 32.2. The van der Waals surface area contributed by atoms with Crippen LogP contribution < -0.4 is 10.0 Å². The standard InChI is InChI=1S/C18H23FN4O3S/c1-10(2)14-8-13(19)9-15(11(3)4)16(14)21-18(24)23-27(25,26)17-12(5)6-7-20-22-17/h6-11H,1-5H3,(H2,21,23,24). The van der Waals surface area contributed by atoms with E-state index in [0.29, 0.717) is 22.4 Å². The molecule has 0 aliphatic carbocycles. The molecule has 0 unspecified atom stereocenters. The van der Waals surface area contributed by atoms with Crippen LogP contribution in [0.2, 0.25) is 0 Å². The molecule has 1 aromatic heterocycles. The number of sulfonamides is 1. The lowest BCUT2D eigenvalue weighted by molar-refractivity contribution is 0.256. The Morgan fingerprint density at radius 2 is 1.67 bits per heavy atom. The molecule has 2 N–H and O–H groups in total. The molecule has 0 aliphatic rings. The summed E-state index contributed by atoms with van der Waals surface area (Å²) < 4.78 is 40.7. The molecule has 1 heterocycles. The predicted molar refractivity (Wildman–Crippen MR) is 101 cm³/mol. The summed E-state index contributed by atoms with van der Waals surface area (Å²) in [5.74, 6) is -0.559. The lowest BCUT2D eigenvalue weighted by atomic mass is 9.92. The Kier molecular flexibility index (Phi) is 6.15. The number of hydrogen-bond acceptors (Lipinski definition) is 5. The van der Waals surface area contributed by atoms with E-state index in [4.69, 9.17) is 0 Å². The van der Waals surface area contributed by atoms with Gasteiger partial charge in [-0.3, -0.25) is 0 Å². The smallest absolute Gasteiger partial charge is 0.307 e. The number of hydrogen-bond donors (Lipinski definition) is 2. The Bertz CT molecular complexity index is 930. The summed E-state index contributed by atoms with van der Waals surface area (Å²) >= 11 is 0. The van der Waals surface area contributed by atoms with Crippen LogP contribution in [0.15, 0.2) is 29.4 Å². The zero-order valence-corrected chi connectivity index (χ0v) is 16.7. The van der Waals surface area contributed by atoms with Crippen LogP contribution in [-0.4, -0.2) is 24.6 Å². The molecule has 0 radical (unpaired) electrons. The monoisotopic (exact) mass is 394 g/mol. The third-order valence-electron chi connectivity index (χ3n) is 4.01. The molecule has 1 aromatic carbocycles. The van der Waals surface area contributed by atoms with Crippen LogP contribution in [0.3, 0.4) is 0 Å². The molecule has 2 rings (SSSR count). The summed E-state index contributed by atoms with van der Waals surface area (Å²) in [6.45, 7) is 9.00. The summed E-state index contributed by atoms with van der Waals surface area (Å²) in [5, 5.41) is 9.37. The van der Waals surface area contributed by atoms with Crippen molar-refractivity contribution in [2.75, 3.05) is 5.32 Å². The second-order valence-electron chi connectivity index (χ2n) is 6.85. The zero-order chi connectivity index (χ0) is 20.4. The number of carbonyl (C=O) groups excluding carboxylic acids is 1. The topological polar surface area (TPSA) is 101 Å². The second-order valence-corrected chi connectivity index (χ2v) is 8.45. The Morgan fingerprint density at radius 1 is 1.11 bits per heavy atom. The van der Waals surface area contributed by atoms with Gasteiger partial charge in [-0.15, -0.1) is 5.10 Å². The Labute approximate surface area is 158 Å². The normalized spacial score (nSPS) is 11.7. The minimum absolute atomic E-state index is 0.0765. The second kappa shape index (κ2) is 7.99. The number of nitrogens with zero attached hydrogens (tertiary/aromatic N) is 2. The number of amides is 2. The van der Waals surface area contributed by atoms with Gasteiger partial charge in [0, 0.05) is 11.9 Å². The number of carbonyl (C=O) groups is 1. The van der Waals surface area contributed by atoms with E-state index in [1.54, 1.807) is 6.92 Å². The van der Waals surface area contributed by atoms with Gasteiger partial charge in [0.1, 0.15) is 5.82 Å². The minimum Gasteiger partial charge on any atom is -0.307 e. The fraction of sp³-hybridized carbons (Fsp3) is 0.389. The van der Waals surface area contributed by atoms with Gasteiger partial charge >= 0.3 is 6.03 Å². The first-order chi connectivity index (χ1) is 12.5. The summed E-state index contributed by atoms with van der Waals surface area (Å²) in [6.07, 6.45) is 1.36. The molecular formula is C18H23FN4O3S. The van der Waals surface area contributed by atoms with Crippen molar-refractivity contribution >= 4 is 21.7 Å². The van der Waals surface area contributed by atoms with Crippen molar-refractivity contribution in [3.8, 4) is 0 Å². The average Bonchev–Trinajstić information content (AvgIpc) is 2.55. The average molecular weight is 394 g/mol. The summed E-state index contributed by atoms with van der Waals surface area (Å²) in [7, 11) is -4.19. The van der Waals surface area contributed by atoms with E-state index in [1.165, 1.54) is 24.4 Å². The number of nitrogens with one attached hydrogen (secondary N) is 2. The van der Waals surface area contributed by atoms with Crippen molar-refractivity contribution in [1.29, 1.82) is 0 Å². The summed E-state index contributed by atoms with van der Waals surface area (Å²) in [5.41, 5.74) is 1.94. The molecule has 146 valence electrons. The molecule has 2 aromatic rings. The van der Waals surface area contributed by atoms with Crippen molar-refractivity contribution in [2.45, 2.75) is 51.5 Å². The van der Waals surface area contributed by atoms with E-state index in [0.717, 1.165) is 0 Å². The Balaban J connectivity index is 2.37. The fourth-order valence-electron chi connectivity index (χ4n) is 2.66. The van der Waals surface area contributed by atoms with Gasteiger partial charge in [-0.1, -0.05) is 27.7 Å².